The van der Waals surface area contributed by atoms with E-state index in [0.29, 0.717) is 12.1 Å². The van der Waals surface area contributed by atoms with Gasteiger partial charge in [0.05, 0.1) is 12.1 Å². The Kier molecular flexibility index (Phi) is 4.02. The van der Waals surface area contributed by atoms with Crippen molar-refractivity contribution in [3.8, 4) is 0 Å². The SMILES string of the molecule is C[Si](C)(C)C[C@H]1CC[C@H](c2ccccc2)NO1. The second-order valence-corrected chi connectivity index (χ2v) is 11.7. The minimum Gasteiger partial charge on any atom is -0.298 e. The summed E-state index contributed by atoms with van der Waals surface area (Å²) in [7, 11) is -1.01. The predicted octanol–water partition coefficient (Wildman–Crippen LogP) is 3.75. The third-order valence-corrected chi connectivity index (χ3v) is 4.88. The molecule has 1 aliphatic rings. The average Bonchev–Trinajstić information content (AvgIpc) is 2.29. The highest BCUT2D eigenvalue weighted by Gasteiger charge is 2.27. The molecule has 2 nitrogen and oxygen atoms in total. The summed E-state index contributed by atoms with van der Waals surface area (Å²) in [6, 6.07) is 12.2. The van der Waals surface area contributed by atoms with Crippen LogP contribution in [0.15, 0.2) is 30.3 Å². The van der Waals surface area contributed by atoms with E-state index in [4.69, 9.17) is 4.84 Å². The van der Waals surface area contributed by atoms with Crippen molar-refractivity contribution >= 4 is 8.07 Å². The van der Waals surface area contributed by atoms with Gasteiger partial charge in [0.2, 0.25) is 0 Å². The molecule has 1 aromatic carbocycles. The smallest absolute Gasteiger partial charge is 0.0768 e. The van der Waals surface area contributed by atoms with Gasteiger partial charge in [-0.25, -0.2) is 0 Å². The second-order valence-electron chi connectivity index (χ2n) is 6.16. The van der Waals surface area contributed by atoms with Crippen LogP contribution in [0.5, 0.6) is 0 Å². The Balaban J connectivity index is 1.86. The van der Waals surface area contributed by atoms with Crippen LogP contribution in [-0.4, -0.2) is 14.2 Å². The van der Waals surface area contributed by atoms with Gasteiger partial charge >= 0.3 is 0 Å². The molecule has 1 N–H and O–H groups in total. The zero-order valence-electron chi connectivity index (χ0n) is 11.1. The molecule has 0 aliphatic carbocycles. The minimum atomic E-state index is -1.01. The number of nitrogens with one attached hydrogen (secondary N) is 1. The zero-order valence-corrected chi connectivity index (χ0v) is 12.1. The quantitative estimate of drug-likeness (QED) is 0.824. The van der Waals surface area contributed by atoms with Crippen LogP contribution in [0.4, 0.5) is 0 Å². The number of hydrogen-bond acceptors (Lipinski definition) is 2. The summed E-state index contributed by atoms with van der Waals surface area (Å²) in [4.78, 5) is 5.81. The molecule has 17 heavy (non-hydrogen) atoms. The van der Waals surface area contributed by atoms with Crippen LogP contribution in [0.25, 0.3) is 0 Å². The van der Waals surface area contributed by atoms with Crippen LogP contribution in [-0.2, 0) is 4.84 Å². The second kappa shape index (κ2) is 5.34. The monoisotopic (exact) mass is 249 g/mol. The molecule has 0 radical (unpaired) electrons. The Labute approximate surface area is 105 Å². The largest absolute Gasteiger partial charge is 0.298 e. The highest BCUT2D eigenvalue weighted by molar-refractivity contribution is 6.76. The van der Waals surface area contributed by atoms with E-state index in [9.17, 15) is 0 Å². The van der Waals surface area contributed by atoms with Gasteiger partial charge in [-0.1, -0.05) is 50.0 Å². The summed E-state index contributed by atoms with van der Waals surface area (Å²) in [6.07, 6.45) is 2.78. The maximum Gasteiger partial charge on any atom is 0.0768 e. The topological polar surface area (TPSA) is 21.3 Å². The third kappa shape index (κ3) is 3.94. The molecule has 0 amide bonds. The molecular weight excluding hydrogens is 226 g/mol. The maximum absolute atomic E-state index is 5.81. The molecule has 1 aliphatic heterocycles. The summed E-state index contributed by atoms with van der Waals surface area (Å²) in [6.45, 7) is 7.21. The highest BCUT2D eigenvalue weighted by atomic mass is 28.3. The molecule has 1 heterocycles. The van der Waals surface area contributed by atoms with Gasteiger partial charge in [-0.05, 0) is 24.4 Å². The first-order chi connectivity index (χ1) is 8.04. The van der Waals surface area contributed by atoms with Gasteiger partial charge in [-0.2, -0.15) is 5.48 Å². The van der Waals surface area contributed by atoms with Crippen molar-refractivity contribution in [3.05, 3.63) is 35.9 Å². The molecule has 0 unspecified atom stereocenters. The molecule has 0 spiro atoms. The number of hydrogen-bond donors (Lipinski definition) is 1. The third-order valence-electron chi connectivity index (χ3n) is 3.20. The molecular formula is C14H23NOSi. The predicted molar refractivity (Wildman–Crippen MR) is 74.6 cm³/mol. The van der Waals surface area contributed by atoms with Crippen molar-refractivity contribution in [2.45, 2.75) is 50.7 Å². The normalized spacial score (nSPS) is 25.8. The van der Waals surface area contributed by atoms with E-state index >= 15 is 0 Å². The molecule has 0 saturated carbocycles. The van der Waals surface area contributed by atoms with Crippen molar-refractivity contribution < 1.29 is 4.84 Å². The number of rotatable bonds is 3. The lowest BCUT2D eigenvalue weighted by Gasteiger charge is -2.32. The maximum atomic E-state index is 5.81. The fourth-order valence-corrected chi connectivity index (χ4v) is 4.05. The molecule has 2 atom stereocenters. The Bertz CT molecular complexity index is 339. The fraction of sp³-hybridized carbons (Fsp3) is 0.571. The Hall–Kier alpha value is -0.643. The van der Waals surface area contributed by atoms with Crippen molar-refractivity contribution in [3.63, 3.8) is 0 Å². The van der Waals surface area contributed by atoms with Gasteiger partial charge in [0, 0.05) is 8.07 Å². The number of hydroxylamine groups is 1. The van der Waals surface area contributed by atoms with E-state index in [-0.39, 0.29) is 0 Å². The Morgan fingerprint density at radius 2 is 1.88 bits per heavy atom. The Morgan fingerprint density at radius 1 is 1.18 bits per heavy atom. The molecule has 94 valence electrons. The minimum absolute atomic E-state index is 0.370. The molecule has 0 aromatic heterocycles. The van der Waals surface area contributed by atoms with Crippen molar-refractivity contribution in [1.29, 1.82) is 0 Å². The van der Waals surface area contributed by atoms with Gasteiger partial charge in [0.25, 0.3) is 0 Å². The van der Waals surface area contributed by atoms with Gasteiger partial charge in [0.15, 0.2) is 0 Å². The van der Waals surface area contributed by atoms with Crippen molar-refractivity contribution in [2.75, 3.05) is 0 Å². The highest BCUT2D eigenvalue weighted by Crippen LogP contribution is 2.27. The molecule has 2 rings (SSSR count). The number of benzene rings is 1. The fourth-order valence-electron chi connectivity index (χ4n) is 2.40. The average molecular weight is 249 g/mol. The van der Waals surface area contributed by atoms with Crippen molar-refractivity contribution in [2.24, 2.45) is 0 Å². The van der Waals surface area contributed by atoms with Crippen LogP contribution >= 0.6 is 0 Å². The molecule has 1 saturated heterocycles. The summed E-state index contributed by atoms with van der Waals surface area (Å²) in [5.74, 6) is 0. The van der Waals surface area contributed by atoms with Gasteiger partial charge in [-0.3, -0.25) is 4.84 Å². The van der Waals surface area contributed by atoms with E-state index < -0.39 is 8.07 Å². The zero-order chi connectivity index (χ0) is 12.3. The standard InChI is InChI=1S/C14H23NOSi/c1-17(2,3)11-13-9-10-14(15-16-13)12-7-5-4-6-8-12/h4-8,13-15H,9-11H2,1-3H3/t13-,14-/m1/s1. The molecule has 1 aromatic rings. The van der Waals surface area contributed by atoms with Gasteiger partial charge in [0.1, 0.15) is 0 Å². The summed E-state index contributed by atoms with van der Waals surface area (Å²) < 4.78 is 0. The van der Waals surface area contributed by atoms with Gasteiger partial charge < -0.3 is 0 Å². The summed E-state index contributed by atoms with van der Waals surface area (Å²) >= 11 is 0. The van der Waals surface area contributed by atoms with E-state index in [1.54, 1.807) is 0 Å². The summed E-state index contributed by atoms with van der Waals surface area (Å²) in [5.41, 5.74) is 4.56. The summed E-state index contributed by atoms with van der Waals surface area (Å²) in [5, 5.41) is 0. The lowest BCUT2D eigenvalue weighted by atomic mass is 10.0. The van der Waals surface area contributed by atoms with Crippen LogP contribution in [0.2, 0.25) is 25.7 Å². The van der Waals surface area contributed by atoms with E-state index in [2.05, 4.69) is 55.5 Å². The first-order valence-electron chi connectivity index (χ1n) is 6.51. The first-order valence-corrected chi connectivity index (χ1v) is 10.2. The van der Waals surface area contributed by atoms with Crippen molar-refractivity contribution in [1.82, 2.24) is 5.48 Å². The van der Waals surface area contributed by atoms with E-state index in [0.717, 1.165) is 0 Å². The molecule has 0 bridgehead atoms. The Morgan fingerprint density at radius 3 is 2.41 bits per heavy atom. The molecule has 1 fully saturated rings. The molecule has 3 heteroatoms. The lowest BCUT2D eigenvalue weighted by Crippen LogP contribution is -2.38. The van der Waals surface area contributed by atoms with Crippen LogP contribution in [0, 0.1) is 0 Å². The van der Waals surface area contributed by atoms with Crippen LogP contribution in [0.3, 0.4) is 0 Å². The van der Waals surface area contributed by atoms with Gasteiger partial charge in [-0.15, -0.1) is 0 Å². The van der Waals surface area contributed by atoms with Crippen LogP contribution < -0.4 is 5.48 Å². The van der Waals surface area contributed by atoms with Crippen LogP contribution in [0.1, 0.15) is 24.4 Å². The first kappa shape index (κ1) is 12.8. The van der Waals surface area contributed by atoms with E-state index in [1.165, 1.54) is 24.4 Å². The van der Waals surface area contributed by atoms with E-state index in [1.807, 2.05) is 0 Å². The lowest BCUT2D eigenvalue weighted by molar-refractivity contribution is -0.0724.